The zero-order valence-corrected chi connectivity index (χ0v) is 24.8. The number of nitrogens with one attached hydrogen (secondary N) is 2. The fourth-order valence-electron chi connectivity index (χ4n) is 4.82. The van der Waals surface area contributed by atoms with Crippen molar-refractivity contribution >= 4 is 26.3 Å². The average molecular weight is 581 g/mol. The van der Waals surface area contributed by atoms with E-state index in [2.05, 4.69) is 9.44 Å². The minimum atomic E-state index is -3.63. The zero-order valence-electron chi connectivity index (χ0n) is 23.2. The lowest BCUT2D eigenvalue weighted by Crippen LogP contribution is -2.51. The fraction of sp³-hybridized carbons (Fsp3) is 0.536. The minimum Gasteiger partial charge on any atom is -0.356 e. The van der Waals surface area contributed by atoms with Gasteiger partial charge in [-0.3, -0.25) is 0 Å². The van der Waals surface area contributed by atoms with Gasteiger partial charge in [0, 0.05) is 19.1 Å². The highest BCUT2D eigenvalue weighted by Gasteiger charge is 2.40. The SMILES string of the molecule is CO[C@H]1CCC2C(CCC[C@@H]2NS(=O)(=O)c2ccc(C)cc2)O1.Cc1ccc(S(=O)(=O)NC(C)(C)C=O)cc1. The largest absolute Gasteiger partial charge is 0.356 e. The van der Waals surface area contributed by atoms with Crippen LogP contribution in [0.4, 0.5) is 0 Å². The number of carbonyl (C=O) groups excluding carboxylic acids is 1. The number of rotatable bonds is 8. The summed E-state index contributed by atoms with van der Waals surface area (Å²) in [7, 11) is -5.45. The summed E-state index contributed by atoms with van der Waals surface area (Å²) in [6.07, 6.45) is 5.08. The van der Waals surface area contributed by atoms with Crippen molar-refractivity contribution in [3.8, 4) is 0 Å². The van der Waals surface area contributed by atoms with Crippen molar-refractivity contribution in [3.05, 3.63) is 59.7 Å². The molecule has 11 heteroatoms. The van der Waals surface area contributed by atoms with E-state index in [0.717, 1.165) is 43.2 Å². The highest BCUT2D eigenvalue weighted by atomic mass is 32.2. The number of methoxy groups -OCH3 is 1. The van der Waals surface area contributed by atoms with Crippen molar-refractivity contribution in [1.82, 2.24) is 9.44 Å². The van der Waals surface area contributed by atoms with E-state index < -0.39 is 25.6 Å². The van der Waals surface area contributed by atoms with Gasteiger partial charge in [0.15, 0.2) is 6.29 Å². The third-order valence-corrected chi connectivity index (χ3v) is 10.2. The van der Waals surface area contributed by atoms with Crippen molar-refractivity contribution in [2.75, 3.05) is 7.11 Å². The second-order valence-corrected chi connectivity index (χ2v) is 14.2. The molecular weight excluding hydrogens is 540 g/mol. The van der Waals surface area contributed by atoms with E-state index in [1.54, 1.807) is 31.4 Å². The summed E-state index contributed by atoms with van der Waals surface area (Å²) in [5, 5.41) is 0. The van der Waals surface area contributed by atoms with Gasteiger partial charge in [-0.1, -0.05) is 35.4 Å². The minimum absolute atomic E-state index is 0.0575. The van der Waals surface area contributed by atoms with Gasteiger partial charge >= 0.3 is 0 Å². The van der Waals surface area contributed by atoms with Crippen LogP contribution in [0.5, 0.6) is 0 Å². The van der Waals surface area contributed by atoms with Gasteiger partial charge in [-0.25, -0.2) is 21.6 Å². The molecule has 1 heterocycles. The highest BCUT2D eigenvalue weighted by molar-refractivity contribution is 7.89. The Bertz CT molecular complexity index is 1310. The van der Waals surface area contributed by atoms with Gasteiger partial charge in [0.2, 0.25) is 20.0 Å². The summed E-state index contributed by atoms with van der Waals surface area (Å²) in [6.45, 7) is 6.83. The lowest BCUT2D eigenvalue weighted by molar-refractivity contribution is -0.207. The normalized spacial score (nSPS) is 23.7. The van der Waals surface area contributed by atoms with Crippen LogP contribution in [0.2, 0.25) is 0 Å². The Balaban J connectivity index is 0.000000231. The van der Waals surface area contributed by atoms with Gasteiger partial charge in [-0.2, -0.15) is 4.72 Å². The molecule has 39 heavy (non-hydrogen) atoms. The zero-order chi connectivity index (χ0) is 28.8. The van der Waals surface area contributed by atoms with Crippen LogP contribution in [0.3, 0.4) is 0 Å². The number of hydrogen-bond donors (Lipinski definition) is 2. The molecule has 4 rings (SSSR count). The highest BCUT2D eigenvalue weighted by Crippen LogP contribution is 2.37. The standard InChI is InChI=1S/C17H25NO4S.C11H15NO3S/c1-12-6-8-13(9-7-12)23(19,20)18-15-4-3-5-16-14(15)10-11-17(21-2)22-16;1-9-4-6-10(7-5-9)16(14,15)12-11(2,3)8-13/h6-9,14-18H,3-5,10-11H2,1-2H3;4-8,12H,1-3H3/t14?,15-,16?,17+;/m0./s1. The summed E-state index contributed by atoms with van der Waals surface area (Å²) in [5.41, 5.74) is 0.936. The molecule has 216 valence electrons. The van der Waals surface area contributed by atoms with Crippen LogP contribution in [0.15, 0.2) is 58.3 Å². The molecule has 2 fully saturated rings. The van der Waals surface area contributed by atoms with E-state index in [1.807, 2.05) is 26.0 Å². The number of fused-ring (bicyclic) bond motifs is 1. The molecule has 1 saturated heterocycles. The van der Waals surface area contributed by atoms with Crippen LogP contribution in [0.1, 0.15) is 57.1 Å². The maximum Gasteiger partial charge on any atom is 0.241 e. The van der Waals surface area contributed by atoms with E-state index in [1.165, 1.54) is 26.0 Å². The molecule has 0 aromatic heterocycles. The second kappa shape index (κ2) is 13.0. The predicted octanol–water partition coefficient (Wildman–Crippen LogP) is 3.84. The maximum absolute atomic E-state index is 12.6. The van der Waals surface area contributed by atoms with E-state index in [0.29, 0.717) is 11.2 Å². The smallest absolute Gasteiger partial charge is 0.241 e. The van der Waals surface area contributed by atoms with Gasteiger partial charge in [0.1, 0.15) is 6.29 Å². The van der Waals surface area contributed by atoms with Crippen molar-refractivity contribution in [2.45, 2.75) is 93.6 Å². The summed E-state index contributed by atoms with van der Waals surface area (Å²) in [5.74, 6) is 0.232. The first-order valence-corrected chi connectivity index (χ1v) is 16.1. The molecule has 4 atom stereocenters. The molecular formula is C28H40N2O7S2. The lowest BCUT2D eigenvalue weighted by atomic mass is 9.78. The number of sulfonamides is 2. The molecule has 1 aliphatic heterocycles. The monoisotopic (exact) mass is 580 g/mol. The molecule has 0 bridgehead atoms. The Kier molecular flexibility index (Phi) is 10.5. The predicted molar refractivity (Wildman–Crippen MR) is 149 cm³/mol. The van der Waals surface area contributed by atoms with Gasteiger partial charge in [0.25, 0.3) is 0 Å². The Labute approximate surface area is 232 Å². The molecule has 1 aliphatic carbocycles. The van der Waals surface area contributed by atoms with Gasteiger partial charge in [-0.15, -0.1) is 0 Å². The van der Waals surface area contributed by atoms with Crippen molar-refractivity contribution in [1.29, 1.82) is 0 Å². The summed E-state index contributed by atoms with van der Waals surface area (Å²) < 4.78 is 65.4. The summed E-state index contributed by atoms with van der Waals surface area (Å²) in [4.78, 5) is 11.2. The fourth-order valence-corrected chi connectivity index (χ4v) is 7.50. The Morgan fingerprint density at radius 1 is 0.846 bits per heavy atom. The van der Waals surface area contributed by atoms with Crippen molar-refractivity contribution in [2.24, 2.45) is 5.92 Å². The van der Waals surface area contributed by atoms with Crippen LogP contribution >= 0.6 is 0 Å². The van der Waals surface area contributed by atoms with Gasteiger partial charge in [-0.05, 0) is 84.1 Å². The molecule has 2 aromatic rings. The quantitative estimate of drug-likeness (QED) is 0.454. The van der Waals surface area contributed by atoms with E-state index in [4.69, 9.17) is 9.47 Å². The van der Waals surface area contributed by atoms with Crippen LogP contribution in [-0.2, 0) is 34.3 Å². The Morgan fingerprint density at radius 2 is 1.38 bits per heavy atom. The summed E-state index contributed by atoms with van der Waals surface area (Å²) >= 11 is 0. The number of aryl methyl sites for hydroxylation is 2. The second-order valence-electron chi connectivity index (χ2n) is 10.8. The molecule has 1 saturated carbocycles. The molecule has 0 spiro atoms. The lowest BCUT2D eigenvalue weighted by Gasteiger charge is -2.43. The summed E-state index contributed by atoms with van der Waals surface area (Å²) in [6, 6.07) is 13.4. The molecule has 0 amide bonds. The first kappa shape index (κ1) is 31.4. The average Bonchev–Trinajstić information content (AvgIpc) is 2.88. The number of hydrogen-bond acceptors (Lipinski definition) is 7. The number of benzene rings is 2. The number of ether oxygens (including phenoxy) is 2. The van der Waals surface area contributed by atoms with Crippen LogP contribution in [0, 0.1) is 19.8 Å². The Hall–Kier alpha value is -2.15. The van der Waals surface area contributed by atoms with Crippen LogP contribution < -0.4 is 9.44 Å². The molecule has 2 aliphatic rings. The number of carbonyl (C=O) groups is 1. The number of aldehydes is 1. The van der Waals surface area contributed by atoms with E-state index >= 15 is 0 Å². The topological polar surface area (TPSA) is 128 Å². The van der Waals surface area contributed by atoms with Crippen molar-refractivity contribution < 1.29 is 31.1 Å². The molecule has 0 radical (unpaired) electrons. The molecule has 9 nitrogen and oxygen atoms in total. The van der Waals surface area contributed by atoms with Crippen molar-refractivity contribution in [3.63, 3.8) is 0 Å². The third kappa shape index (κ3) is 8.67. The Morgan fingerprint density at radius 3 is 1.90 bits per heavy atom. The first-order valence-electron chi connectivity index (χ1n) is 13.1. The molecule has 2 N–H and O–H groups in total. The van der Waals surface area contributed by atoms with E-state index in [-0.39, 0.29) is 29.2 Å². The third-order valence-electron chi connectivity index (χ3n) is 6.98. The van der Waals surface area contributed by atoms with Crippen LogP contribution in [-0.4, -0.2) is 54.2 Å². The van der Waals surface area contributed by atoms with Crippen LogP contribution in [0.25, 0.3) is 0 Å². The first-order chi connectivity index (χ1) is 18.3. The van der Waals surface area contributed by atoms with Gasteiger partial charge < -0.3 is 14.3 Å². The van der Waals surface area contributed by atoms with E-state index in [9.17, 15) is 21.6 Å². The maximum atomic E-state index is 12.6. The molecule has 2 aromatic carbocycles. The van der Waals surface area contributed by atoms with Gasteiger partial charge in [0.05, 0.1) is 21.4 Å². The molecule has 2 unspecified atom stereocenters.